The smallest absolute Gasteiger partial charge is 0.0311 e. The number of thioether (sulfide) groups is 1. The molecule has 2 unspecified atom stereocenters. The molecule has 76 valence electrons. The van der Waals surface area contributed by atoms with Crippen LogP contribution in [0.15, 0.2) is 33.6 Å². The Kier molecular flexibility index (Phi) is 3.52. The van der Waals surface area contributed by atoms with Crippen LogP contribution in [0.1, 0.15) is 19.3 Å². The second-order valence-corrected chi connectivity index (χ2v) is 5.94. The fourth-order valence-electron chi connectivity index (χ4n) is 1.80. The van der Waals surface area contributed by atoms with Crippen LogP contribution in [-0.4, -0.2) is 11.3 Å². The third-order valence-electron chi connectivity index (χ3n) is 2.56. The van der Waals surface area contributed by atoms with Gasteiger partial charge in [-0.3, -0.25) is 0 Å². The summed E-state index contributed by atoms with van der Waals surface area (Å²) in [7, 11) is 0. The molecule has 1 aromatic carbocycles. The van der Waals surface area contributed by atoms with Gasteiger partial charge in [0, 0.05) is 20.7 Å². The molecule has 1 aliphatic carbocycles. The summed E-state index contributed by atoms with van der Waals surface area (Å²) < 4.78 is 1.20. The molecule has 0 radical (unpaired) electrons. The van der Waals surface area contributed by atoms with Crippen molar-refractivity contribution in [3.8, 4) is 0 Å². The van der Waals surface area contributed by atoms with Crippen molar-refractivity contribution >= 4 is 27.7 Å². The van der Waals surface area contributed by atoms with Crippen LogP contribution in [-0.2, 0) is 0 Å². The molecule has 2 atom stereocenters. The van der Waals surface area contributed by atoms with Crippen LogP contribution in [0.4, 0.5) is 0 Å². The van der Waals surface area contributed by atoms with Crippen molar-refractivity contribution in [2.45, 2.75) is 35.4 Å². The highest BCUT2D eigenvalue weighted by Gasteiger charge is 2.22. The molecule has 1 aromatic rings. The second kappa shape index (κ2) is 4.69. The Balaban J connectivity index is 2.01. The predicted octanol–water partition coefficient (Wildman–Crippen LogP) is 3.42. The third-order valence-corrected chi connectivity index (χ3v) is 4.88. The molecule has 14 heavy (non-hydrogen) atoms. The zero-order valence-electron chi connectivity index (χ0n) is 7.95. The molecular formula is C11H14BrNS. The zero-order chi connectivity index (χ0) is 9.97. The van der Waals surface area contributed by atoms with Crippen molar-refractivity contribution in [1.82, 2.24) is 0 Å². The van der Waals surface area contributed by atoms with Gasteiger partial charge in [0.15, 0.2) is 0 Å². The van der Waals surface area contributed by atoms with E-state index in [1.54, 1.807) is 0 Å². The maximum Gasteiger partial charge on any atom is 0.0311 e. The Bertz CT molecular complexity index is 316. The van der Waals surface area contributed by atoms with Gasteiger partial charge in [0.25, 0.3) is 0 Å². The van der Waals surface area contributed by atoms with E-state index in [1.807, 2.05) is 11.8 Å². The Labute approximate surface area is 97.6 Å². The lowest BCUT2D eigenvalue weighted by molar-refractivity contribution is 0.706. The van der Waals surface area contributed by atoms with E-state index in [2.05, 4.69) is 40.2 Å². The topological polar surface area (TPSA) is 26.0 Å². The molecule has 1 nitrogen and oxygen atoms in total. The van der Waals surface area contributed by atoms with Gasteiger partial charge in [-0.15, -0.1) is 11.8 Å². The average Bonchev–Trinajstić information content (AvgIpc) is 2.56. The molecule has 0 aliphatic heterocycles. The SMILES string of the molecule is NC1CCC(Sc2ccccc2Br)C1. The van der Waals surface area contributed by atoms with Crippen LogP contribution in [0.25, 0.3) is 0 Å². The van der Waals surface area contributed by atoms with Gasteiger partial charge in [-0.25, -0.2) is 0 Å². The van der Waals surface area contributed by atoms with Gasteiger partial charge < -0.3 is 5.73 Å². The summed E-state index contributed by atoms with van der Waals surface area (Å²) >= 11 is 5.52. The number of rotatable bonds is 2. The van der Waals surface area contributed by atoms with E-state index in [0.717, 1.165) is 6.42 Å². The highest BCUT2D eigenvalue weighted by molar-refractivity contribution is 9.10. The van der Waals surface area contributed by atoms with Crippen molar-refractivity contribution < 1.29 is 0 Å². The van der Waals surface area contributed by atoms with Gasteiger partial charge in [-0.1, -0.05) is 12.1 Å². The van der Waals surface area contributed by atoms with Gasteiger partial charge in [0.05, 0.1) is 0 Å². The molecule has 1 fully saturated rings. The van der Waals surface area contributed by atoms with E-state index in [1.165, 1.54) is 22.2 Å². The molecule has 1 aliphatic rings. The molecule has 0 bridgehead atoms. The number of hydrogen-bond acceptors (Lipinski definition) is 2. The average molecular weight is 272 g/mol. The van der Waals surface area contributed by atoms with E-state index in [0.29, 0.717) is 11.3 Å². The van der Waals surface area contributed by atoms with Gasteiger partial charge in [-0.05, 0) is 47.3 Å². The van der Waals surface area contributed by atoms with Gasteiger partial charge in [0.2, 0.25) is 0 Å². The largest absolute Gasteiger partial charge is 0.328 e. The van der Waals surface area contributed by atoms with Crippen molar-refractivity contribution in [3.05, 3.63) is 28.7 Å². The van der Waals surface area contributed by atoms with Crippen molar-refractivity contribution in [2.24, 2.45) is 5.73 Å². The summed E-state index contributed by atoms with van der Waals surface area (Å²) in [4.78, 5) is 1.34. The van der Waals surface area contributed by atoms with E-state index in [-0.39, 0.29) is 0 Å². The summed E-state index contributed by atoms with van der Waals surface area (Å²) in [6.45, 7) is 0. The molecule has 0 aromatic heterocycles. The molecule has 0 heterocycles. The molecule has 1 saturated carbocycles. The van der Waals surface area contributed by atoms with E-state index < -0.39 is 0 Å². The first kappa shape index (κ1) is 10.5. The maximum atomic E-state index is 5.89. The minimum atomic E-state index is 0.426. The lowest BCUT2D eigenvalue weighted by Gasteiger charge is -2.10. The Morgan fingerprint density at radius 2 is 2.07 bits per heavy atom. The van der Waals surface area contributed by atoms with Crippen LogP contribution < -0.4 is 5.73 Å². The summed E-state index contributed by atoms with van der Waals surface area (Å²) in [5, 5.41) is 0.712. The summed E-state index contributed by atoms with van der Waals surface area (Å²) in [5.41, 5.74) is 5.89. The van der Waals surface area contributed by atoms with Crippen molar-refractivity contribution in [1.29, 1.82) is 0 Å². The van der Waals surface area contributed by atoms with E-state index in [9.17, 15) is 0 Å². The van der Waals surface area contributed by atoms with E-state index >= 15 is 0 Å². The normalized spacial score (nSPS) is 26.7. The lowest BCUT2D eigenvalue weighted by Crippen LogP contribution is -2.15. The molecule has 0 spiro atoms. The first-order valence-electron chi connectivity index (χ1n) is 4.92. The number of halogens is 1. The quantitative estimate of drug-likeness (QED) is 0.892. The minimum Gasteiger partial charge on any atom is -0.328 e. The Hall–Kier alpha value is 0.01000. The molecule has 3 heteroatoms. The van der Waals surface area contributed by atoms with Crippen molar-refractivity contribution in [3.63, 3.8) is 0 Å². The Morgan fingerprint density at radius 3 is 2.71 bits per heavy atom. The van der Waals surface area contributed by atoms with Crippen LogP contribution >= 0.6 is 27.7 Å². The van der Waals surface area contributed by atoms with Crippen molar-refractivity contribution in [2.75, 3.05) is 0 Å². The summed E-state index contributed by atoms with van der Waals surface area (Å²) in [6.07, 6.45) is 3.60. The standard InChI is InChI=1S/C11H14BrNS/c12-10-3-1-2-4-11(10)14-9-6-5-8(13)7-9/h1-4,8-9H,5-7,13H2. The zero-order valence-corrected chi connectivity index (χ0v) is 10.4. The fourth-order valence-corrected chi connectivity index (χ4v) is 3.66. The molecule has 0 amide bonds. The van der Waals surface area contributed by atoms with Gasteiger partial charge in [-0.2, -0.15) is 0 Å². The van der Waals surface area contributed by atoms with Crippen LogP contribution in [0, 0.1) is 0 Å². The minimum absolute atomic E-state index is 0.426. The molecular weight excluding hydrogens is 258 g/mol. The monoisotopic (exact) mass is 271 g/mol. The molecule has 0 saturated heterocycles. The van der Waals surface area contributed by atoms with Crippen LogP contribution in [0.3, 0.4) is 0 Å². The first-order chi connectivity index (χ1) is 6.75. The second-order valence-electron chi connectivity index (χ2n) is 3.74. The fraction of sp³-hybridized carbons (Fsp3) is 0.455. The van der Waals surface area contributed by atoms with Crippen LogP contribution in [0.2, 0.25) is 0 Å². The third kappa shape index (κ3) is 2.53. The van der Waals surface area contributed by atoms with Crippen LogP contribution in [0.5, 0.6) is 0 Å². The Morgan fingerprint density at radius 1 is 1.29 bits per heavy atom. The number of hydrogen-bond donors (Lipinski definition) is 1. The summed E-state index contributed by atoms with van der Waals surface area (Å²) in [6, 6.07) is 8.82. The predicted molar refractivity (Wildman–Crippen MR) is 65.6 cm³/mol. The van der Waals surface area contributed by atoms with E-state index in [4.69, 9.17) is 5.73 Å². The van der Waals surface area contributed by atoms with Gasteiger partial charge >= 0.3 is 0 Å². The highest BCUT2D eigenvalue weighted by atomic mass is 79.9. The molecule has 2 rings (SSSR count). The first-order valence-corrected chi connectivity index (χ1v) is 6.60. The lowest BCUT2D eigenvalue weighted by atomic mass is 10.3. The highest BCUT2D eigenvalue weighted by Crippen LogP contribution is 2.37. The summed E-state index contributed by atoms with van der Waals surface area (Å²) in [5.74, 6) is 0. The molecule has 2 N–H and O–H groups in total. The number of nitrogens with two attached hydrogens (primary N) is 1. The maximum absolute atomic E-state index is 5.89. The van der Waals surface area contributed by atoms with Gasteiger partial charge in [0.1, 0.15) is 0 Å². The number of benzene rings is 1.